The number of halogens is 1. The molecule has 1 aliphatic rings. The van der Waals surface area contributed by atoms with Crippen molar-refractivity contribution in [2.75, 3.05) is 13.2 Å². The number of rotatable bonds is 3. The molecular weight excluding hydrogens is 245 g/mol. The summed E-state index contributed by atoms with van der Waals surface area (Å²) in [4.78, 5) is 11.8. The van der Waals surface area contributed by atoms with Crippen LogP contribution in [0.15, 0.2) is 30.3 Å². The summed E-state index contributed by atoms with van der Waals surface area (Å²) in [6.45, 7) is 3.13. The minimum atomic E-state index is -0.300. The van der Waals surface area contributed by atoms with Crippen LogP contribution >= 0.6 is 0 Å². The lowest BCUT2D eigenvalue weighted by atomic mass is 10.1. The van der Waals surface area contributed by atoms with Gasteiger partial charge in [-0.1, -0.05) is 12.1 Å². The van der Waals surface area contributed by atoms with E-state index in [1.807, 2.05) is 0 Å². The van der Waals surface area contributed by atoms with Crippen LogP contribution in [0.2, 0.25) is 0 Å². The molecular formula is C15H18FNO2. The molecule has 0 aliphatic carbocycles. The first kappa shape index (κ1) is 13.7. The van der Waals surface area contributed by atoms with Crippen LogP contribution in [0.4, 0.5) is 4.39 Å². The Morgan fingerprint density at radius 2 is 2.37 bits per heavy atom. The monoisotopic (exact) mass is 263 g/mol. The molecule has 3 nitrogen and oxygen atoms in total. The zero-order valence-electron chi connectivity index (χ0n) is 11.0. The summed E-state index contributed by atoms with van der Waals surface area (Å²) in [5.41, 5.74) is 1.46. The standard InChI is InChI=1S/C15H18FNO2/c1-11(12-4-2-5-13(16)9-12)8-15(18)17-14-6-3-7-19-10-14/h2,4-5,8-9,14H,3,6-7,10H2,1H3,(H,17,18)/b11-8+/t14-/m0/s1. The fraction of sp³-hybridized carbons (Fsp3) is 0.400. The predicted octanol–water partition coefficient (Wildman–Crippen LogP) is 2.52. The highest BCUT2D eigenvalue weighted by atomic mass is 19.1. The van der Waals surface area contributed by atoms with Gasteiger partial charge in [0.05, 0.1) is 12.6 Å². The van der Waals surface area contributed by atoms with Crippen molar-refractivity contribution in [3.05, 3.63) is 41.7 Å². The molecule has 1 fully saturated rings. The van der Waals surface area contributed by atoms with E-state index in [4.69, 9.17) is 4.74 Å². The van der Waals surface area contributed by atoms with Crippen LogP contribution in [-0.2, 0) is 9.53 Å². The molecule has 0 aromatic heterocycles. The largest absolute Gasteiger partial charge is 0.379 e. The lowest BCUT2D eigenvalue weighted by Crippen LogP contribution is -2.39. The molecule has 1 atom stereocenters. The topological polar surface area (TPSA) is 38.3 Å². The highest BCUT2D eigenvalue weighted by Gasteiger charge is 2.15. The fourth-order valence-electron chi connectivity index (χ4n) is 2.11. The molecule has 102 valence electrons. The predicted molar refractivity (Wildman–Crippen MR) is 72.0 cm³/mol. The van der Waals surface area contributed by atoms with Crippen LogP contribution in [0.5, 0.6) is 0 Å². The van der Waals surface area contributed by atoms with Crippen molar-refractivity contribution >= 4 is 11.5 Å². The third-order valence-electron chi connectivity index (χ3n) is 3.13. The van der Waals surface area contributed by atoms with Crippen LogP contribution in [0, 0.1) is 5.82 Å². The van der Waals surface area contributed by atoms with Gasteiger partial charge in [-0.15, -0.1) is 0 Å². The molecule has 4 heteroatoms. The summed E-state index contributed by atoms with van der Waals surface area (Å²) in [6, 6.07) is 6.30. The van der Waals surface area contributed by atoms with Gasteiger partial charge < -0.3 is 10.1 Å². The van der Waals surface area contributed by atoms with Crippen molar-refractivity contribution in [1.82, 2.24) is 5.32 Å². The number of carbonyl (C=O) groups excluding carboxylic acids is 1. The van der Waals surface area contributed by atoms with Crippen LogP contribution in [0.1, 0.15) is 25.3 Å². The van der Waals surface area contributed by atoms with Gasteiger partial charge in [0.1, 0.15) is 5.82 Å². The summed E-state index contributed by atoms with van der Waals surface area (Å²) in [5, 5.41) is 2.90. The quantitative estimate of drug-likeness (QED) is 0.851. The van der Waals surface area contributed by atoms with Crippen LogP contribution in [0.25, 0.3) is 5.57 Å². The van der Waals surface area contributed by atoms with E-state index in [9.17, 15) is 9.18 Å². The average Bonchev–Trinajstić information content (AvgIpc) is 2.39. The molecule has 2 rings (SSSR count). The Morgan fingerprint density at radius 1 is 1.53 bits per heavy atom. The van der Waals surface area contributed by atoms with Gasteiger partial charge in [0.25, 0.3) is 0 Å². The Bertz CT molecular complexity index is 479. The molecule has 1 amide bonds. The summed E-state index contributed by atoms with van der Waals surface area (Å²) < 4.78 is 18.4. The van der Waals surface area contributed by atoms with E-state index < -0.39 is 0 Å². The van der Waals surface area contributed by atoms with Gasteiger partial charge in [0, 0.05) is 12.7 Å². The van der Waals surface area contributed by atoms with Crippen molar-refractivity contribution < 1.29 is 13.9 Å². The summed E-state index contributed by atoms with van der Waals surface area (Å²) >= 11 is 0. The number of hydrogen-bond donors (Lipinski definition) is 1. The van der Waals surface area contributed by atoms with Crippen molar-refractivity contribution in [1.29, 1.82) is 0 Å². The first-order valence-corrected chi connectivity index (χ1v) is 6.47. The van der Waals surface area contributed by atoms with E-state index in [2.05, 4.69) is 5.32 Å². The van der Waals surface area contributed by atoms with Gasteiger partial charge in [-0.3, -0.25) is 4.79 Å². The second-order valence-corrected chi connectivity index (χ2v) is 4.76. The van der Waals surface area contributed by atoms with Gasteiger partial charge >= 0.3 is 0 Å². The van der Waals surface area contributed by atoms with E-state index in [0.29, 0.717) is 6.61 Å². The Hall–Kier alpha value is -1.68. The minimum Gasteiger partial charge on any atom is -0.379 e. The molecule has 1 N–H and O–H groups in total. The molecule has 0 radical (unpaired) electrons. The molecule has 0 bridgehead atoms. The summed E-state index contributed by atoms with van der Waals surface area (Å²) in [5.74, 6) is -0.455. The Morgan fingerprint density at radius 3 is 3.05 bits per heavy atom. The first-order valence-electron chi connectivity index (χ1n) is 6.47. The van der Waals surface area contributed by atoms with Crippen LogP contribution in [-0.4, -0.2) is 25.2 Å². The number of carbonyl (C=O) groups is 1. The van der Waals surface area contributed by atoms with Gasteiger partial charge in [0.2, 0.25) is 5.91 Å². The molecule has 19 heavy (non-hydrogen) atoms. The molecule has 0 spiro atoms. The maximum absolute atomic E-state index is 13.1. The lowest BCUT2D eigenvalue weighted by molar-refractivity contribution is -0.118. The number of benzene rings is 1. The molecule has 1 aliphatic heterocycles. The first-order chi connectivity index (χ1) is 9.15. The molecule has 1 saturated heterocycles. The Kier molecular flexibility index (Phi) is 4.68. The molecule has 0 saturated carbocycles. The number of allylic oxidation sites excluding steroid dienone is 1. The Labute approximate surface area is 112 Å². The van der Waals surface area contributed by atoms with Crippen molar-refractivity contribution in [3.8, 4) is 0 Å². The number of ether oxygens (including phenoxy) is 1. The van der Waals surface area contributed by atoms with E-state index in [0.717, 1.165) is 30.6 Å². The molecule has 1 aromatic rings. The normalized spacial score (nSPS) is 20.1. The maximum atomic E-state index is 13.1. The average molecular weight is 263 g/mol. The number of amides is 1. The zero-order valence-corrected chi connectivity index (χ0v) is 11.0. The summed E-state index contributed by atoms with van der Waals surface area (Å²) in [7, 11) is 0. The maximum Gasteiger partial charge on any atom is 0.244 e. The van der Waals surface area contributed by atoms with Crippen molar-refractivity contribution in [3.63, 3.8) is 0 Å². The van der Waals surface area contributed by atoms with Crippen LogP contribution < -0.4 is 5.32 Å². The number of nitrogens with one attached hydrogen (secondary N) is 1. The van der Waals surface area contributed by atoms with Gasteiger partial charge in [-0.2, -0.15) is 0 Å². The third kappa shape index (κ3) is 4.17. The molecule has 0 unspecified atom stereocenters. The minimum absolute atomic E-state index is 0.0813. The van der Waals surface area contributed by atoms with Crippen molar-refractivity contribution in [2.45, 2.75) is 25.8 Å². The molecule has 1 aromatic carbocycles. The Balaban J connectivity index is 1.97. The van der Waals surface area contributed by atoms with Gasteiger partial charge in [0.15, 0.2) is 0 Å². The second kappa shape index (κ2) is 6.48. The van der Waals surface area contributed by atoms with E-state index in [-0.39, 0.29) is 17.8 Å². The van der Waals surface area contributed by atoms with Gasteiger partial charge in [-0.05, 0) is 43.0 Å². The van der Waals surface area contributed by atoms with E-state index >= 15 is 0 Å². The highest BCUT2D eigenvalue weighted by molar-refractivity contribution is 5.95. The second-order valence-electron chi connectivity index (χ2n) is 4.76. The fourth-order valence-corrected chi connectivity index (χ4v) is 2.11. The summed E-state index contributed by atoms with van der Waals surface area (Å²) in [6.07, 6.45) is 3.42. The van der Waals surface area contributed by atoms with E-state index in [1.165, 1.54) is 18.2 Å². The SMILES string of the molecule is C/C(=C\C(=O)N[C@H]1CCCOC1)c1cccc(F)c1. The van der Waals surface area contributed by atoms with Crippen molar-refractivity contribution in [2.24, 2.45) is 0 Å². The lowest BCUT2D eigenvalue weighted by Gasteiger charge is -2.22. The number of hydrogen-bond acceptors (Lipinski definition) is 2. The van der Waals surface area contributed by atoms with E-state index in [1.54, 1.807) is 19.1 Å². The van der Waals surface area contributed by atoms with Gasteiger partial charge in [-0.25, -0.2) is 4.39 Å². The highest BCUT2D eigenvalue weighted by Crippen LogP contribution is 2.14. The molecule has 1 heterocycles. The third-order valence-corrected chi connectivity index (χ3v) is 3.13. The smallest absolute Gasteiger partial charge is 0.244 e. The zero-order chi connectivity index (χ0) is 13.7. The van der Waals surface area contributed by atoms with Crippen LogP contribution in [0.3, 0.4) is 0 Å².